The lowest BCUT2D eigenvalue weighted by Gasteiger charge is -2.08. The van der Waals surface area contributed by atoms with Crippen molar-refractivity contribution in [1.82, 2.24) is 4.98 Å². The second-order valence-corrected chi connectivity index (χ2v) is 5.38. The van der Waals surface area contributed by atoms with Gasteiger partial charge in [-0.05, 0) is 5.56 Å². The standard InChI is InChI=1S/C14H13NO4S/c16-12(17)6-10(7-13(18)19)14-15-8-11(20-14)9-4-2-1-3-5-9/h1-5,8,10H,6-7H2,(H,16,17)(H,18,19). The summed E-state index contributed by atoms with van der Waals surface area (Å²) in [5, 5.41) is 18.3. The molecule has 1 aromatic carbocycles. The first-order valence-corrected chi connectivity index (χ1v) is 6.82. The molecule has 0 saturated heterocycles. The van der Waals surface area contributed by atoms with E-state index in [1.807, 2.05) is 30.3 Å². The van der Waals surface area contributed by atoms with Crippen LogP contribution in [0.5, 0.6) is 0 Å². The zero-order valence-corrected chi connectivity index (χ0v) is 11.3. The van der Waals surface area contributed by atoms with Crippen LogP contribution in [0.15, 0.2) is 36.5 Å². The molecular weight excluding hydrogens is 278 g/mol. The molecule has 0 spiro atoms. The topological polar surface area (TPSA) is 87.5 Å². The van der Waals surface area contributed by atoms with Crippen molar-refractivity contribution in [2.45, 2.75) is 18.8 Å². The van der Waals surface area contributed by atoms with Crippen molar-refractivity contribution >= 4 is 23.3 Å². The quantitative estimate of drug-likeness (QED) is 0.854. The molecule has 6 heteroatoms. The van der Waals surface area contributed by atoms with Crippen LogP contribution in [-0.4, -0.2) is 27.1 Å². The van der Waals surface area contributed by atoms with Crippen molar-refractivity contribution < 1.29 is 19.8 Å². The van der Waals surface area contributed by atoms with E-state index in [2.05, 4.69) is 4.98 Å². The molecule has 0 fully saturated rings. The van der Waals surface area contributed by atoms with E-state index in [1.165, 1.54) is 11.3 Å². The third kappa shape index (κ3) is 3.64. The van der Waals surface area contributed by atoms with E-state index in [1.54, 1.807) is 6.20 Å². The molecule has 20 heavy (non-hydrogen) atoms. The number of benzene rings is 1. The van der Waals surface area contributed by atoms with Crippen LogP contribution in [0.3, 0.4) is 0 Å². The number of rotatable bonds is 6. The Morgan fingerprint density at radius 2 is 1.70 bits per heavy atom. The lowest BCUT2D eigenvalue weighted by molar-refractivity contribution is -0.139. The third-order valence-corrected chi connectivity index (χ3v) is 3.98. The lowest BCUT2D eigenvalue weighted by Crippen LogP contribution is -2.10. The van der Waals surface area contributed by atoms with E-state index in [0.717, 1.165) is 10.4 Å². The summed E-state index contributed by atoms with van der Waals surface area (Å²) < 4.78 is 0. The van der Waals surface area contributed by atoms with Crippen LogP contribution >= 0.6 is 11.3 Å². The first kappa shape index (κ1) is 14.2. The number of hydrogen-bond donors (Lipinski definition) is 2. The van der Waals surface area contributed by atoms with E-state index in [9.17, 15) is 9.59 Å². The summed E-state index contributed by atoms with van der Waals surface area (Å²) in [6.07, 6.45) is 1.20. The number of aromatic nitrogens is 1. The Kier molecular flexibility index (Phi) is 4.47. The van der Waals surface area contributed by atoms with Crippen LogP contribution in [0.1, 0.15) is 23.8 Å². The van der Waals surface area contributed by atoms with Gasteiger partial charge in [-0.2, -0.15) is 0 Å². The van der Waals surface area contributed by atoms with E-state index in [0.29, 0.717) is 5.01 Å². The average molecular weight is 291 g/mol. The molecule has 0 aliphatic rings. The monoisotopic (exact) mass is 291 g/mol. The third-order valence-electron chi connectivity index (χ3n) is 2.77. The van der Waals surface area contributed by atoms with Crippen molar-refractivity contribution in [1.29, 1.82) is 0 Å². The number of thiazole rings is 1. The maximum absolute atomic E-state index is 10.8. The summed E-state index contributed by atoms with van der Waals surface area (Å²) in [5.41, 5.74) is 0.987. The van der Waals surface area contributed by atoms with Crippen LogP contribution < -0.4 is 0 Å². The van der Waals surface area contributed by atoms with Gasteiger partial charge in [-0.3, -0.25) is 9.59 Å². The van der Waals surface area contributed by atoms with Gasteiger partial charge < -0.3 is 10.2 Å². The van der Waals surface area contributed by atoms with Gasteiger partial charge in [-0.1, -0.05) is 30.3 Å². The molecule has 0 atom stereocenters. The molecular formula is C14H13NO4S. The number of aliphatic carboxylic acids is 2. The predicted octanol–water partition coefficient (Wildman–Crippen LogP) is 2.84. The van der Waals surface area contributed by atoms with Gasteiger partial charge in [0.15, 0.2) is 0 Å². The highest BCUT2D eigenvalue weighted by molar-refractivity contribution is 7.15. The Hall–Kier alpha value is -2.21. The summed E-state index contributed by atoms with van der Waals surface area (Å²) in [5.74, 6) is -2.63. The smallest absolute Gasteiger partial charge is 0.304 e. The Morgan fingerprint density at radius 3 is 2.25 bits per heavy atom. The summed E-state index contributed by atoms with van der Waals surface area (Å²) in [7, 11) is 0. The fourth-order valence-corrected chi connectivity index (χ4v) is 2.90. The molecule has 0 unspecified atom stereocenters. The van der Waals surface area contributed by atoms with Gasteiger partial charge in [0.25, 0.3) is 0 Å². The van der Waals surface area contributed by atoms with Gasteiger partial charge >= 0.3 is 11.9 Å². The highest BCUT2D eigenvalue weighted by Crippen LogP contribution is 2.32. The highest BCUT2D eigenvalue weighted by atomic mass is 32.1. The van der Waals surface area contributed by atoms with Gasteiger partial charge in [0.2, 0.25) is 0 Å². The maximum atomic E-state index is 10.8. The number of carboxylic acids is 2. The minimum absolute atomic E-state index is 0.228. The molecule has 0 bridgehead atoms. The summed E-state index contributed by atoms with van der Waals surface area (Å²) in [6.45, 7) is 0. The number of nitrogens with zero attached hydrogens (tertiary/aromatic N) is 1. The first-order valence-electron chi connectivity index (χ1n) is 6.01. The van der Waals surface area contributed by atoms with Crippen LogP contribution in [0, 0.1) is 0 Å². The Morgan fingerprint density at radius 1 is 1.10 bits per heavy atom. The normalized spacial score (nSPS) is 10.7. The second-order valence-electron chi connectivity index (χ2n) is 4.32. The largest absolute Gasteiger partial charge is 0.481 e. The number of hydrogen-bond acceptors (Lipinski definition) is 4. The van der Waals surface area contributed by atoms with Crippen LogP contribution in [0.25, 0.3) is 10.4 Å². The minimum atomic E-state index is -1.02. The summed E-state index contributed by atoms with van der Waals surface area (Å²) in [6, 6.07) is 9.58. The van der Waals surface area contributed by atoms with Gasteiger partial charge in [-0.25, -0.2) is 4.98 Å². The predicted molar refractivity (Wildman–Crippen MR) is 74.8 cm³/mol. The molecule has 1 aromatic heterocycles. The van der Waals surface area contributed by atoms with Gasteiger partial charge in [0.05, 0.1) is 22.7 Å². The molecule has 0 radical (unpaired) electrons. The van der Waals surface area contributed by atoms with Gasteiger partial charge in [0.1, 0.15) is 0 Å². The average Bonchev–Trinajstić information content (AvgIpc) is 2.87. The minimum Gasteiger partial charge on any atom is -0.481 e. The molecule has 104 valence electrons. The van der Waals surface area contributed by atoms with E-state index in [4.69, 9.17) is 10.2 Å². The molecule has 0 aliphatic carbocycles. The zero-order chi connectivity index (χ0) is 14.5. The molecule has 1 heterocycles. The molecule has 0 amide bonds. The van der Waals surface area contributed by atoms with Crippen molar-refractivity contribution in [3.05, 3.63) is 41.5 Å². The molecule has 0 saturated carbocycles. The van der Waals surface area contributed by atoms with Crippen LogP contribution in [-0.2, 0) is 9.59 Å². The Balaban J connectivity index is 2.24. The first-order chi connectivity index (χ1) is 9.56. The fourth-order valence-electron chi connectivity index (χ4n) is 1.88. The Labute approximate surface area is 119 Å². The fraction of sp³-hybridized carbons (Fsp3) is 0.214. The highest BCUT2D eigenvalue weighted by Gasteiger charge is 2.22. The molecule has 2 aromatic rings. The van der Waals surface area contributed by atoms with Crippen LogP contribution in [0.4, 0.5) is 0 Å². The molecule has 5 nitrogen and oxygen atoms in total. The number of carboxylic acid groups (broad SMARTS) is 2. The Bertz CT molecular complexity index is 593. The lowest BCUT2D eigenvalue weighted by atomic mass is 10.0. The van der Waals surface area contributed by atoms with Gasteiger partial charge in [0, 0.05) is 12.1 Å². The summed E-state index contributed by atoms with van der Waals surface area (Å²) in [4.78, 5) is 26.7. The van der Waals surface area contributed by atoms with Crippen molar-refractivity contribution in [3.8, 4) is 10.4 Å². The van der Waals surface area contributed by atoms with Crippen molar-refractivity contribution in [3.63, 3.8) is 0 Å². The molecule has 0 aliphatic heterocycles. The SMILES string of the molecule is O=C(O)CC(CC(=O)O)c1ncc(-c2ccccc2)s1. The van der Waals surface area contributed by atoms with Crippen molar-refractivity contribution in [2.75, 3.05) is 0 Å². The van der Waals surface area contributed by atoms with Gasteiger partial charge in [-0.15, -0.1) is 11.3 Å². The van der Waals surface area contributed by atoms with Crippen molar-refractivity contribution in [2.24, 2.45) is 0 Å². The number of carbonyl (C=O) groups is 2. The molecule has 2 N–H and O–H groups in total. The second kappa shape index (κ2) is 6.29. The van der Waals surface area contributed by atoms with E-state index >= 15 is 0 Å². The summed E-state index contributed by atoms with van der Waals surface area (Å²) >= 11 is 1.34. The molecule has 2 rings (SSSR count). The maximum Gasteiger partial charge on any atom is 0.304 e. The van der Waals surface area contributed by atoms with E-state index in [-0.39, 0.29) is 12.8 Å². The zero-order valence-electron chi connectivity index (χ0n) is 10.5. The van der Waals surface area contributed by atoms with E-state index < -0.39 is 17.9 Å². The van der Waals surface area contributed by atoms with Crippen LogP contribution in [0.2, 0.25) is 0 Å².